The zero-order valence-electron chi connectivity index (χ0n) is 28.1. The Morgan fingerprint density at radius 2 is 1.33 bits per heavy atom. The minimum atomic E-state index is -1.96. The fraction of sp³-hybridized carbons (Fsp3) is 0.800. The highest BCUT2D eigenvalue weighted by Crippen LogP contribution is 2.70. The molecule has 11 unspecified atom stereocenters. The first-order valence-electron chi connectivity index (χ1n) is 16.4. The first-order valence-corrected chi connectivity index (χ1v) is 16.4. The fourth-order valence-electron chi connectivity index (χ4n) is 11.1. The van der Waals surface area contributed by atoms with Gasteiger partial charge in [0.2, 0.25) is 0 Å². The summed E-state index contributed by atoms with van der Waals surface area (Å²) in [4.78, 5) is 38.0. The summed E-state index contributed by atoms with van der Waals surface area (Å²) in [6, 6.07) is 0. The number of esters is 2. The van der Waals surface area contributed by atoms with Crippen LogP contribution in [0.3, 0.4) is 0 Å². The highest BCUT2D eigenvalue weighted by atomic mass is 16.9. The number of carbonyl (C=O) groups is 3. The highest BCUT2D eigenvalue weighted by Gasteiger charge is 2.77. The van der Waals surface area contributed by atoms with Gasteiger partial charge in [0, 0.05) is 54.8 Å². The molecule has 11 atom stereocenters. The van der Waals surface area contributed by atoms with Crippen LogP contribution in [0.5, 0.6) is 0 Å². The maximum absolute atomic E-state index is 13.2. The van der Waals surface area contributed by atoms with Crippen molar-refractivity contribution in [2.45, 2.75) is 136 Å². The Balaban J connectivity index is 1.52. The summed E-state index contributed by atoms with van der Waals surface area (Å²) < 4.78 is 37.9. The molecule has 45 heavy (non-hydrogen) atoms. The molecule has 0 aromatic rings. The van der Waals surface area contributed by atoms with E-state index in [1.54, 1.807) is 13.2 Å². The van der Waals surface area contributed by atoms with E-state index in [4.69, 9.17) is 28.4 Å². The fourth-order valence-corrected chi connectivity index (χ4v) is 11.1. The van der Waals surface area contributed by atoms with Gasteiger partial charge in [-0.15, -0.1) is 0 Å². The van der Waals surface area contributed by atoms with Crippen molar-refractivity contribution in [3.63, 3.8) is 0 Å². The van der Waals surface area contributed by atoms with Gasteiger partial charge in [0.1, 0.15) is 12.2 Å². The van der Waals surface area contributed by atoms with Gasteiger partial charge in [-0.05, 0) is 48.7 Å². The molecule has 1 N–H and O–H groups in total. The van der Waals surface area contributed by atoms with E-state index in [-0.39, 0.29) is 34.2 Å². The van der Waals surface area contributed by atoms with Crippen molar-refractivity contribution < 1.29 is 47.9 Å². The van der Waals surface area contributed by atoms with Crippen molar-refractivity contribution in [1.82, 2.24) is 0 Å². The standard InChI is InChI=1S/C35H50O10/c1-19(37)41-23-16-21(34(39,18-36)32(7)14-10-12-30(3,4)25(23)32)28-44-29-35(45-28)22(27(40-9)43-29)17-24(42-20(2)38)26-31(5,6)13-11-15-33(26,35)8/h16-18,23-29,39H,10-15H2,1-9H3. The minimum absolute atomic E-state index is 0.157. The summed E-state index contributed by atoms with van der Waals surface area (Å²) in [5.41, 5.74) is -4.40. The summed E-state index contributed by atoms with van der Waals surface area (Å²) in [7, 11) is 1.54. The zero-order valence-corrected chi connectivity index (χ0v) is 28.1. The van der Waals surface area contributed by atoms with Gasteiger partial charge in [0.25, 0.3) is 0 Å². The molecule has 10 nitrogen and oxygen atoms in total. The monoisotopic (exact) mass is 630 g/mol. The van der Waals surface area contributed by atoms with Crippen molar-refractivity contribution in [3.05, 3.63) is 23.3 Å². The topological polar surface area (TPSA) is 127 Å². The SMILES string of the molecule is COC1OC2OC(C3=CC(OC(C)=O)C4C(C)(C)CCCC4(C)C3(O)C=O)OC23C1=CC(OC(C)=O)C1C(C)(C)CCCC13C. The van der Waals surface area contributed by atoms with E-state index < -0.39 is 59.1 Å². The van der Waals surface area contributed by atoms with Gasteiger partial charge < -0.3 is 33.5 Å². The van der Waals surface area contributed by atoms with E-state index in [1.807, 2.05) is 13.0 Å². The van der Waals surface area contributed by atoms with Gasteiger partial charge in [0.05, 0.1) is 0 Å². The molecule has 0 bridgehead atoms. The number of aldehydes is 1. The lowest BCUT2D eigenvalue weighted by molar-refractivity contribution is -0.214. The molecule has 4 aliphatic carbocycles. The lowest BCUT2D eigenvalue weighted by Crippen LogP contribution is -2.66. The smallest absolute Gasteiger partial charge is 0.303 e. The molecule has 250 valence electrons. The molecular weight excluding hydrogens is 580 g/mol. The minimum Gasteiger partial charge on any atom is -0.458 e. The van der Waals surface area contributed by atoms with Crippen LogP contribution in [0.4, 0.5) is 0 Å². The lowest BCUT2D eigenvalue weighted by atomic mass is 9.46. The van der Waals surface area contributed by atoms with Crippen LogP contribution < -0.4 is 0 Å². The second kappa shape index (κ2) is 10.4. The summed E-state index contributed by atoms with van der Waals surface area (Å²) >= 11 is 0. The predicted molar refractivity (Wildman–Crippen MR) is 161 cm³/mol. The maximum Gasteiger partial charge on any atom is 0.303 e. The molecule has 2 saturated heterocycles. The van der Waals surface area contributed by atoms with Crippen LogP contribution in [0.15, 0.2) is 23.3 Å². The average molecular weight is 631 g/mol. The molecule has 10 heteroatoms. The third kappa shape index (κ3) is 4.34. The molecule has 1 spiro atoms. The summed E-state index contributed by atoms with van der Waals surface area (Å²) in [6.07, 6.45) is 4.83. The van der Waals surface area contributed by atoms with Crippen molar-refractivity contribution in [2.24, 2.45) is 33.5 Å². The molecular formula is C35H50O10. The van der Waals surface area contributed by atoms with Gasteiger partial charge in [0.15, 0.2) is 36.4 Å². The molecule has 2 saturated carbocycles. The molecule has 2 heterocycles. The van der Waals surface area contributed by atoms with Crippen molar-refractivity contribution in [1.29, 1.82) is 0 Å². The molecule has 0 aromatic carbocycles. The Morgan fingerprint density at radius 3 is 1.84 bits per heavy atom. The molecule has 0 radical (unpaired) electrons. The molecule has 2 aliphatic heterocycles. The number of rotatable bonds is 5. The van der Waals surface area contributed by atoms with E-state index in [9.17, 15) is 19.5 Å². The zero-order chi connectivity index (χ0) is 33.0. The van der Waals surface area contributed by atoms with E-state index in [0.717, 1.165) is 32.1 Å². The Labute approximate surface area is 266 Å². The third-order valence-electron chi connectivity index (χ3n) is 12.6. The van der Waals surface area contributed by atoms with Crippen LogP contribution in [0, 0.1) is 33.5 Å². The number of hydrogen-bond donors (Lipinski definition) is 1. The Kier molecular flexibility index (Phi) is 7.62. The number of carbonyl (C=O) groups excluding carboxylic acids is 3. The van der Waals surface area contributed by atoms with E-state index in [2.05, 4.69) is 34.6 Å². The quantitative estimate of drug-likeness (QED) is 0.258. The van der Waals surface area contributed by atoms with Gasteiger partial charge in [-0.25, -0.2) is 0 Å². The number of fused-ring (bicyclic) bond motifs is 2. The van der Waals surface area contributed by atoms with Gasteiger partial charge in [-0.3, -0.25) is 14.4 Å². The van der Waals surface area contributed by atoms with E-state index in [0.29, 0.717) is 18.3 Å². The molecule has 6 aliphatic rings. The molecule has 6 rings (SSSR count). The lowest BCUT2D eigenvalue weighted by Gasteiger charge is -2.61. The van der Waals surface area contributed by atoms with Crippen LogP contribution in [0.2, 0.25) is 0 Å². The largest absolute Gasteiger partial charge is 0.458 e. The van der Waals surface area contributed by atoms with Crippen LogP contribution >= 0.6 is 0 Å². The number of methoxy groups -OCH3 is 1. The van der Waals surface area contributed by atoms with E-state index >= 15 is 0 Å². The predicted octanol–water partition coefficient (Wildman–Crippen LogP) is 4.77. The average Bonchev–Trinajstić information content (AvgIpc) is 3.43. The van der Waals surface area contributed by atoms with Gasteiger partial charge >= 0.3 is 11.9 Å². The summed E-state index contributed by atoms with van der Waals surface area (Å²) in [5, 5.41) is 12.5. The Hall–Kier alpha value is -2.11. The van der Waals surface area contributed by atoms with Crippen LogP contribution in [-0.2, 0) is 42.8 Å². The maximum atomic E-state index is 13.2. The molecule has 4 fully saturated rings. The summed E-state index contributed by atoms with van der Waals surface area (Å²) in [5.74, 6) is -1.30. The van der Waals surface area contributed by atoms with Gasteiger partial charge in [-0.1, -0.05) is 54.4 Å². The first kappa shape index (κ1) is 32.8. The van der Waals surface area contributed by atoms with Crippen LogP contribution in [0.25, 0.3) is 0 Å². The van der Waals surface area contributed by atoms with Crippen molar-refractivity contribution in [2.75, 3.05) is 7.11 Å². The first-order chi connectivity index (χ1) is 20.9. The van der Waals surface area contributed by atoms with Crippen molar-refractivity contribution in [3.8, 4) is 0 Å². The van der Waals surface area contributed by atoms with Crippen molar-refractivity contribution >= 4 is 18.2 Å². The van der Waals surface area contributed by atoms with Crippen LogP contribution in [-0.4, -0.2) is 72.7 Å². The molecule has 0 aromatic heterocycles. The summed E-state index contributed by atoms with van der Waals surface area (Å²) in [6.45, 7) is 15.4. The van der Waals surface area contributed by atoms with Crippen LogP contribution in [0.1, 0.15) is 93.9 Å². The third-order valence-corrected chi connectivity index (χ3v) is 12.6. The number of hydrogen-bond acceptors (Lipinski definition) is 10. The Morgan fingerprint density at radius 1 is 0.822 bits per heavy atom. The Bertz CT molecular complexity index is 1330. The highest BCUT2D eigenvalue weighted by molar-refractivity contribution is 5.73. The molecule has 0 amide bonds. The number of ether oxygens (including phenoxy) is 6. The van der Waals surface area contributed by atoms with E-state index in [1.165, 1.54) is 13.8 Å². The van der Waals surface area contributed by atoms with Gasteiger partial charge in [-0.2, -0.15) is 0 Å². The normalized spacial score (nSPS) is 47.6. The number of aliphatic hydroxyl groups is 1. The second-order valence-corrected chi connectivity index (χ2v) is 16.1. The second-order valence-electron chi connectivity index (χ2n) is 16.1.